The summed E-state index contributed by atoms with van der Waals surface area (Å²) in [6.45, 7) is 4.27. The maximum atomic E-state index is 12.2. The van der Waals surface area contributed by atoms with E-state index >= 15 is 0 Å². The third-order valence-electron chi connectivity index (χ3n) is 2.51. The molecule has 1 N–H and O–H groups in total. The highest BCUT2D eigenvalue weighted by atomic mass is 35.5. The predicted octanol–water partition coefficient (Wildman–Crippen LogP) is 2.51. The monoisotopic (exact) mass is 264 g/mol. The van der Waals surface area contributed by atoms with Crippen LogP contribution in [0.5, 0.6) is 0 Å². The van der Waals surface area contributed by atoms with E-state index in [1.165, 1.54) is 0 Å². The zero-order chi connectivity index (χ0) is 13.1. The van der Waals surface area contributed by atoms with Crippen LogP contribution in [0.15, 0.2) is 24.5 Å². The molecule has 0 spiro atoms. The number of aromatic nitrogens is 3. The molecular formula is C12H13ClN4O. The Bertz CT molecular complexity index is 565. The Balaban J connectivity index is 2.29. The number of nitrogens with zero attached hydrogens (tertiary/aromatic N) is 3. The first-order valence-corrected chi connectivity index (χ1v) is 5.95. The zero-order valence-corrected chi connectivity index (χ0v) is 10.9. The van der Waals surface area contributed by atoms with Crippen molar-refractivity contribution in [2.75, 3.05) is 5.32 Å². The van der Waals surface area contributed by atoms with Gasteiger partial charge < -0.3 is 5.32 Å². The standard InChI is InChI=1S/C12H13ClN4O/c1-3-17-11(10(13)8(2)16-17)12(18)15-9-4-6-14-7-5-9/h4-7H,3H2,1-2H3,(H,14,15,18). The normalized spacial score (nSPS) is 10.4. The number of anilines is 1. The van der Waals surface area contributed by atoms with Crippen molar-refractivity contribution in [3.8, 4) is 0 Å². The van der Waals surface area contributed by atoms with Gasteiger partial charge in [0.2, 0.25) is 0 Å². The number of carbonyl (C=O) groups excluding carboxylic acids is 1. The van der Waals surface area contributed by atoms with Gasteiger partial charge >= 0.3 is 0 Å². The Labute approximate surface area is 110 Å². The lowest BCUT2D eigenvalue weighted by molar-refractivity contribution is 0.101. The fraction of sp³-hybridized carbons (Fsp3) is 0.250. The Hall–Kier alpha value is -1.88. The summed E-state index contributed by atoms with van der Waals surface area (Å²) in [7, 11) is 0. The van der Waals surface area contributed by atoms with Gasteiger partial charge in [0.1, 0.15) is 5.69 Å². The van der Waals surface area contributed by atoms with Gasteiger partial charge in [-0.15, -0.1) is 0 Å². The van der Waals surface area contributed by atoms with Crippen LogP contribution in [0.1, 0.15) is 23.1 Å². The SMILES string of the molecule is CCn1nc(C)c(Cl)c1C(=O)Nc1ccncc1. The van der Waals surface area contributed by atoms with E-state index in [1.54, 1.807) is 36.1 Å². The van der Waals surface area contributed by atoms with Gasteiger partial charge in [-0.3, -0.25) is 14.5 Å². The van der Waals surface area contributed by atoms with Crippen LogP contribution in [0.2, 0.25) is 5.02 Å². The quantitative estimate of drug-likeness (QED) is 0.927. The number of rotatable bonds is 3. The van der Waals surface area contributed by atoms with Gasteiger partial charge in [0.25, 0.3) is 5.91 Å². The number of hydrogen-bond acceptors (Lipinski definition) is 3. The average Bonchev–Trinajstić information content (AvgIpc) is 2.66. The topological polar surface area (TPSA) is 59.8 Å². The van der Waals surface area contributed by atoms with E-state index in [-0.39, 0.29) is 5.91 Å². The van der Waals surface area contributed by atoms with E-state index in [4.69, 9.17) is 11.6 Å². The highest BCUT2D eigenvalue weighted by Gasteiger charge is 2.19. The first-order chi connectivity index (χ1) is 8.63. The molecule has 0 aromatic carbocycles. The summed E-state index contributed by atoms with van der Waals surface area (Å²) in [6, 6.07) is 3.43. The van der Waals surface area contributed by atoms with Gasteiger partial charge in [-0.25, -0.2) is 0 Å². The molecule has 1 amide bonds. The molecule has 5 nitrogen and oxygen atoms in total. The summed E-state index contributed by atoms with van der Waals surface area (Å²) >= 11 is 6.10. The second-order valence-corrected chi connectivity index (χ2v) is 4.13. The van der Waals surface area contributed by atoms with E-state index in [1.807, 2.05) is 6.92 Å². The van der Waals surface area contributed by atoms with Crippen LogP contribution < -0.4 is 5.32 Å². The smallest absolute Gasteiger partial charge is 0.275 e. The van der Waals surface area contributed by atoms with Crippen LogP contribution in [0, 0.1) is 6.92 Å². The van der Waals surface area contributed by atoms with Crippen LogP contribution in [-0.2, 0) is 6.54 Å². The zero-order valence-electron chi connectivity index (χ0n) is 10.1. The third-order valence-corrected chi connectivity index (χ3v) is 2.96. The minimum absolute atomic E-state index is 0.270. The second-order valence-electron chi connectivity index (χ2n) is 3.75. The highest BCUT2D eigenvalue weighted by molar-refractivity contribution is 6.34. The molecule has 2 aromatic rings. The molecule has 6 heteroatoms. The lowest BCUT2D eigenvalue weighted by Gasteiger charge is -2.06. The fourth-order valence-electron chi connectivity index (χ4n) is 1.63. The lowest BCUT2D eigenvalue weighted by atomic mass is 10.3. The van der Waals surface area contributed by atoms with E-state index in [0.717, 1.165) is 0 Å². The maximum Gasteiger partial charge on any atom is 0.275 e. The van der Waals surface area contributed by atoms with Crippen molar-refractivity contribution in [2.45, 2.75) is 20.4 Å². The Morgan fingerprint density at radius 2 is 2.11 bits per heavy atom. The molecule has 94 valence electrons. The molecule has 0 radical (unpaired) electrons. The van der Waals surface area contributed by atoms with Crippen molar-refractivity contribution in [2.24, 2.45) is 0 Å². The summed E-state index contributed by atoms with van der Waals surface area (Å²) in [6.07, 6.45) is 3.22. The van der Waals surface area contributed by atoms with E-state index < -0.39 is 0 Å². The van der Waals surface area contributed by atoms with Crippen LogP contribution in [0.25, 0.3) is 0 Å². The van der Waals surface area contributed by atoms with Gasteiger partial charge in [-0.1, -0.05) is 11.6 Å². The molecule has 0 saturated heterocycles. The molecule has 2 heterocycles. The van der Waals surface area contributed by atoms with Gasteiger partial charge in [0.15, 0.2) is 0 Å². The number of nitrogens with one attached hydrogen (secondary N) is 1. The number of hydrogen-bond donors (Lipinski definition) is 1. The Kier molecular flexibility index (Phi) is 3.62. The third kappa shape index (κ3) is 2.36. The van der Waals surface area contributed by atoms with Crippen molar-refractivity contribution < 1.29 is 4.79 Å². The van der Waals surface area contributed by atoms with Crippen LogP contribution in [0.4, 0.5) is 5.69 Å². The van der Waals surface area contributed by atoms with Crippen molar-refractivity contribution in [1.29, 1.82) is 0 Å². The number of aryl methyl sites for hydroxylation is 2. The molecule has 2 rings (SSSR count). The van der Waals surface area contributed by atoms with Gasteiger partial charge in [-0.05, 0) is 26.0 Å². The largest absolute Gasteiger partial charge is 0.321 e. The summed E-state index contributed by atoms with van der Waals surface area (Å²) < 4.78 is 1.59. The van der Waals surface area contributed by atoms with E-state index in [0.29, 0.717) is 28.6 Å². The molecule has 18 heavy (non-hydrogen) atoms. The molecule has 0 fully saturated rings. The minimum atomic E-state index is -0.270. The van der Waals surface area contributed by atoms with Crippen molar-refractivity contribution in [1.82, 2.24) is 14.8 Å². The Morgan fingerprint density at radius 3 is 2.72 bits per heavy atom. The first kappa shape index (κ1) is 12.6. The van der Waals surface area contributed by atoms with E-state index in [9.17, 15) is 4.79 Å². The number of amides is 1. The Morgan fingerprint density at radius 1 is 1.44 bits per heavy atom. The first-order valence-electron chi connectivity index (χ1n) is 5.57. The van der Waals surface area contributed by atoms with Crippen molar-refractivity contribution in [3.05, 3.63) is 40.9 Å². The van der Waals surface area contributed by atoms with Crippen LogP contribution >= 0.6 is 11.6 Å². The van der Waals surface area contributed by atoms with Crippen LogP contribution in [0.3, 0.4) is 0 Å². The summed E-state index contributed by atoms with van der Waals surface area (Å²) in [5.41, 5.74) is 1.71. The average molecular weight is 265 g/mol. The van der Waals surface area contributed by atoms with Gasteiger partial charge in [0, 0.05) is 24.6 Å². The second kappa shape index (κ2) is 5.18. The molecule has 0 bridgehead atoms. The summed E-state index contributed by atoms with van der Waals surface area (Å²) in [4.78, 5) is 16.0. The summed E-state index contributed by atoms with van der Waals surface area (Å²) in [5, 5.41) is 7.36. The van der Waals surface area contributed by atoms with Crippen molar-refractivity contribution >= 4 is 23.2 Å². The summed E-state index contributed by atoms with van der Waals surface area (Å²) in [5.74, 6) is -0.270. The molecule has 0 atom stereocenters. The van der Waals surface area contributed by atoms with Gasteiger partial charge in [0.05, 0.1) is 10.7 Å². The molecule has 2 aromatic heterocycles. The number of pyridine rings is 1. The fourth-order valence-corrected chi connectivity index (χ4v) is 1.85. The van der Waals surface area contributed by atoms with Crippen LogP contribution in [-0.4, -0.2) is 20.7 Å². The van der Waals surface area contributed by atoms with E-state index in [2.05, 4.69) is 15.4 Å². The maximum absolute atomic E-state index is 12.2. The molecular weight excluding hydrogens is 252 g/mol. The molecule has 0 aliphatic rings. The number of halogens is 1. The molecule has 0 aliphatic carbocycles. The lowest BCUT2D eigenvalue weighted by Crippen LogP contribution is -2.17. The molecule has 0 aliphatic heterocycles. The number of carbonyl (C=O) groups is 1. The minimum Gasteiger partial charge on any atom is -0.321 e. The van der Waals surface area contributed by atoms with Gasteiger partial charge in [-0.2, -0.15) is 5.10 Å². The van der Waals surface area contributed by atoms with Crippen molar-refractivity contribution in [3.63, 3.8) is 0 Å². The molecule has 0 unspecified atom stereocenters. The predicted molar refractivity (Wildman–Crippen MR) is 69.8 cm³/mol. The molecule has 0 saturated carbocycles. The highest BCUT2D eigenvalue weighted by Crippen LogP contribution is 2.21.